The van der Waals surface area contributed by atoms with Crippen molar-refractivity contribution in [3.05, 3.63) is 86.7 Å². The second-order valence-corrected chi connectivity index (χ2v) is 7.09. The van der Waals surface area contributed by atoms with Crippen LogP contribution in [0.2, 0.25) is 0 Å². The maximum atomic E-state index is 13.0. The van der Waals surface area contributed by atoms with Crippen molar-refractivity contribution >= 4 is 11.5 Å². The molecule has 3 atom stereocenters. The number of carbonyl (C=O) groups excluding carboxylic acids is 1. The van der Waals surface area contributed by atoms with E-state index in [4.69, 9.17) is 0 Å². The molecule has 2 aliphatic rings. The van der Waals surface area contributed by atoms with Crippen LogP contribution in [0.4, 0.5) is 5.69 Å². The van der Waals surface area contributed by atoms with E-state index < -0.39 is 6.04 Å². The number of ketones is 1. The molecule has 1 heterocycles. The van der Waals surface area contributed by atoms with Crippen LogP contribution >= 0.6 is 0 Å². The molecule has 138 valence electrons. The van der Waals surface area contributed by atoms with Gasteiger partial charge in [0, 0.05) is 37.3 Å². The van der Waals surface area contributed by atoms with E-state index in [1.807, 2.05) is 42.5 Å². The van der Waals surface area contributed by atoms with Gasteiger partial charge >= 0.3 is 5.69 Å². The summed E-state index contributed by atoms with van der Waals surface area (Å²) in [6.45, 7) is 0. The molecule has 6 heteroatoms. The molecule has 0 fully saturated rings. The van der Waals surface area contributed by atoms with Crippen LogP contribution in [0.5, 0.6) is 0 Å². The lowest BCUT2D eigenvalue weighted by atomic mass is 9.72. The standard InChI is InChI=1S/C21H21N3O3/c1-23-16-12-15-14(10-6-7-11-17(15)25)19(22-13-8-4-3-5-9-13)18(16)20(26)24(2)21(23)27/h3-11,14-15,19,22H,12H2,1-2H3/t14-,15-,19-/m0/s1. The first-order valence-corrected chi connectivity index (χ1v) is 8.98. The summed E-state index contributed by atoms with van der Waals surface area (Å²) in [5.74, 6) is -0.472. The van der Waals surface area contributed by atoms with Gasteiger partial charge in [0.1, 0.15) is 0 Å². The Morgan fingerprint density at radius 2 is 1.74 bits per heavy atom. The summed E-state index contributed by atoms with van der Waals surface area (Å²) in [5, 5.41) is 3.44. The van der Waals surface area contributed by atoms with E-state index in [0.29, 0.717) is 17.7 Å². The molecular weight excluding hydrogens is 342 g/mol. The summed E-state index contributed by atoms with van der Waals surface area (Å²) < 4.78 is 2.64. The van der Waals surface area contributed by atoms with E-state index in [2.05, 4.69) is 5.32 Å². The number of anilines is 1. The molecule has 0 saturated carbocycles. The van der Waals surface area contributed by atoms with Crippen molar-refractivity contribution in [3.8, 4) is 0 Å². The minimum atomic E-state index is -0.397. The molecule has 27 heavy (non-hydrogen) atoms. The normalized spacial score (nSPS) is 23.5. The SMILES string of the molecule is Cn1c2c(c(=O)n(C)c1=O)[C@@H](Nc1ccccc1)[C@H]1C=CC=CC(=O)[C@H]1C2. The highest BCUT2D eigenvalue weighted by Gasteiger charge is 2.42. The minimum Gasteiger partial charge on any atom is -0.377 e. The van der Waals surface area contributed by atoms with Gasteiger partial charge in [-0.2, -0.15) is 0 Å². The Balaban J connectivity index is 1.95. The van der Waals surface area contributed by atoms with Crippen LogP contribution in [0.1, 0.15) is 17.3 Å². The quantitative estimate of drug-likeness (QED) is 0.882. The van der Waals surface area contributed by atoms with Crippen LogP contribution in [0.25, 0.3) is 0 Å². The van der Waals surface area contributed by atoms with Gasteiger partial charge in [0.15, 0.2) is 5.78 Å². The molecule has 6 nitrogen and oxygen atoms in total. The Bertz CT molecular complexity index is 1080. The second kappa shape index (κ2) is 6.54. The van der Waals surface area contributed by atoms with Crippen LogP contribution in [0, 0.1) is 11.8 Å². The molecule has 1 N–H and O–H groups in total. The molecular formula is C21H21N3O3. The van der Waals surface area contributed by atoms with Gasteiger partial charge in [0.2, 0.25) is 0 Å². The van der Waals surface area contributed by atoms with Crippen molar-refractivity contribution in [3.63, 3.8) is 0 Å². The number of aromatic nitrogens is 2. The number of rotatable bonds is 2. The first-order chi connectivity index (χ1) is 13.0. The van der Waals surface area contributed by atoms with E-state index >= 15 is 0 Å². The Kier molecular flexibility index (Phi) is 4.18. The smallest absolute Gasteiger partial charge is 0.330 e. The Morgan fingerprint density at radius 1 is 1.00 bits per heavy atom. The van der Waals surface area contributed by atoms with Crippen molar-refractivity contribution in [1.29, 1.82) is 0 Å². The fourth-order valence-electron chi connectivity index (χ4n) is 4.12. The van der Waals surface area contributed by atoms with Crippen LogP contribution in [0.15, 0.2) is 64.2 Å². The first-order valence-electron chi connectivity index (χ1n) is 8.98. The third-order valence-corrected chi connectivity index (χ3v) is 5.56. The number of hydrogen-bond acceptors (Lipinski definition) is 4. The highest BCUT2D eigenvalue weighted by molar-refractivity contribution is 5.93. The molecule has 0 radical (unpaired) electrons. The Hall–Kier alpha value is -3.15. The van der Waals surface area contributed by atoms with Gasteiger partial charge in [0.25, 0.3) is 5.56 Å². The molecule has 0 spiro atoms. The van der Waals surface area contributed by atoms with E-state index in [1.165, 1.54) is 11.6 Å². The third-order valence-electron chi connectivity index (χ3n) is 5.56. The van der Waals surface area contributed by atoms with E-state index in [-0.39, 0.29) is 28.9 Å². The summed E-state index contributed by atoms with van der Waals surface area (Å²) in [6.07, 6.45) is 7.54. The number of para-hydroxylation sites is 1. The number of carbonyl (C=O) groups is 1. The molecule has 0 bridgehead atoms. The largest absolute Gasteiger partial charge is 0.377 e. The summed E-state index contributed by atoms with van der Waals surface area (Å²) in [4.78, 5) is 38.1. The molecule has 4 rings (SSSR count). The van der Waals surface area contributed by atoms with Crippen LogP contribution in [0.3, 0.4) is 0 Å². The van der Waals surface area contributed by atoms with Gasteiger partial charge in [-0.3, -0.25) is 14.2 Å². The molecule has 2 aromatic rings. The maximum Gasteiger partial charge on any atom is 0.330 e. The average Bonchev–Trinajstić information content (AvgIpc) is 2.87. The minimum absolute atomic E-state index is 0.0173. The molecule has 1 aromatic heterocycles. The lowest BCUT2D eigenvalue weighted by Gasteiger charge is -2.38. The van der Waals surface area contributed by atoms with E-state index in [0.717, 1.165) is 10.3 Å². The first kappa shape index (κ1) is 17.3. The fourth-order valence-corrected chi connectivity index (χ4v) is 4.12. The van der Waals surface area contributed by atoms with Crippen molar-refractivity contribution < 1.29 is 4.79 Å². The second-order valence-electron chi connectivity index (χ2n) is 7.09. The van der Waals surface area contributed by atoms with E-state index in [9.17, 15) is 14.4 Å². The zero-order chi connectivity index (χ0) is 19.1. The van der Waals surface area contributed by atoms with Gasteiger partial charge in [0.05, 0.1) is 11.6 Å². The van der Waals surface area contributed by atoms with Crippen molar-refractivity contribution in [2.75, 3.05) is 5.32 Å². The van der Waals surface area contributed by atoms with Gasteiger partial charge in [-0.1, -0.05) is 36.4 Å². The maximum absolute atomic E-state index is 13.0. The molecule has 2 aliphatic carbocycles. The number of nitrogens with one attached hydrogen (secondary N) is 1. The Morgan fingerprint density at radius 3 is 2.48 bits per heavy atom. The summed E-state index contributed by atoms with van der Waals surface area (Å²) >= 11 is 0. The van der Waals surface area contributed by atoms with E-state index in [1.54, 1.807) is 19.2 Å². The summed E-state index contributed by atoms with van der Waals surface area (Å²) in [5.41, 5.74) is 1.38. The number of hydrogen-bond donors (Lipinski definition) is 1. The number of allylic oxidation sites excluding steroid dienone is 3. The highest BCUT2D eigenvalue weighted by Crippen LogP contribution is 2.40. The fraction of sp³-hybridized carbons (Fsp3) is 0.286. The van der Waals surface area contributed by atoms with Crippen LogP contribution in [-0.4, -0.2) is 14.9 Å². The molecule has 0 amide bonds. The van der Waals surface area contributed by atoms with Crippen LogP contribution in [-0.2, 0) is 25.3 Å². The number of fused-ring (bicyclic) bond motifs is 2. The van der Waals surface area contributed by atoms with Crippen molar-refractivity contribution in [2.45, 2.75) is 12.5 Å². The molecule has 0 unspecified atom stereocenters. The predicted octanol–water partition coefficient (Wildman–Crippen LogP) is 1.72. The zero-order valence-corrected chi connectivity index (χ0v) is 15.3. The zero-order valence-electron chi connectivity index (χ0n) is 15.3. The predicted molar refractivity (Wildman–Crippen MR) is 104 cm³/mol. The van der Waals surface area contributed by atoms with Crippen LogP contribution < -0.4 is 16.6 Å². The van der Waals surface area contributed by atoms with Gasteiger partial charge < -0.3 is 9.88 Å². The number of nitrogens with zero attached hydrogens (tertiary/aromatic N) is 2. The lowest BCUT2D eigenvalue weighted by molar-refractivity contribution is -0.119. The number of benzene rings is 1. The van der Waals surface area contributed by atoms with Gasteiger partial charge in [-0.05, 0) is 24.6 Å². The topological polar surface area (TPSA) is 73.1 Å². The summed E-state index contributed by atoms with van der Waals surface area (Å²) in [6, 6.07) is 9.21. The lowest BCUT2D eigenvalue weighted by Crippen LogP contribution is -2.48. The van der Waals surface area contributed by atoms with Gasteiger partial charge in [-0.25, -0.2) is 4.79 Å². The van der Waals surface area contributed by atoms with Gasteiger partial charge in [-0.15, -0.1) is 0 Å². The average molecular weight is 363 g/mol. The Labute approximate surface area is 156 Å². The summed E-state index contributed by atoms with van der Waals surface area (Å²) in [7, 11) is 3.15. The highest BCUT2D eigenvalue weighted by atomic mass is 16.2. The molecule has 0 aliphatic heterocycles. The monoisotopic (exact) mass is 363 g/mol. The molecule has 1 aromatic carbocycles. The van der Waals surface area contributed by atoms with Crippen molar-refractivity contribution in [1.82, 2.24) is 9.13 Å². The van der Waals surface area contributed by atoms with Crippen molar-refractivity contribution in [2.24, 2.45) is 25.9 Å². The molecule has 0 saturated heterocycles. The third kappa shape index (κ3) is 2.77.